The van der Waals surface area contributed by atoms with Gasteiger partial charge in [0.25, 0.3) is 5.91 Å². The number of likely N-dealkylation sites (N-methyl/N-ethyl adjacent to an activating group) is 1. The van der Waals surface area contributed by atoms with Gasteiger partial charge in [-0.25, -0.2) is 0 Å². The largest absolute Gasteiger partial charge is 0.507 e. The van der Waals surface area contributed by atoms with E-state index in [1.54, 1.807) is 18.2 Å². The molecule has 0 bridgehead atoms. The number of carbonyl (C=O) groups is 1. The molecule has 0 saturated carbocycles. The van der Waals surface area contributed by atoms with Gasteiger partial charge in [-0.2, -0.15) is 15.4 Å². The molecule has 1 aromatic carbocycles. The summed E-state index contributed by atoms with van der Waals surface area (Å²) in [6.07, 6.45) is 0. The van der Waals surface area contributed by atoms with Gasteiger partial charge in [0.2, 0.25) is 0 Å². The highest BCUT2D eigenvalue weighted by molar-refractivity contribution is 5.97. The molecule has 0 spiro atoms. The number of benzene rings is 1. The summed E-state index contributed by atoms with van der Waals surface area (Å²) in [5, 5.41) is 29.0. The fourth-order valence-electron chi connectivity index (χ4n) is 2.10. The van der Waals surface area contributed by atoms with Crippen LogP contribution in [0.3, 0.4) is 0 Å². The second-order valence-electron chi connectivity index (χ2n) is 4.39. The first kappa shape index (κ1) is 14.8. The maximum Gasteiger partial charge on any atom is 0.271 e. The molecule has 0 atom stereocenters. The molecule has 21 heavy (non-hydrogen) atoms. The number of anilines is 1. The number of H-pyrrole nitrogens is 1. The molecule has 0 unspecified atom stereocenters. The normalized spacial score (nSPS) is 10.6. The zero-order chi connectivity index (χ0) is 15.4. The number of carbonyl (C=O) groups excluding carboxylic acids is 1. The molecule has 1 aromatic heterocycles. The van der Waals surface area contributed by atoms with Crippen molar-refractivity contribution in [3.63, 3.8) is 0 Å². The van der Waals surface area contributed by atoms with Crippen LogP contribution < -0.4 is 10.6 Å². The standard InChI is InChI=1S/C13H17N5O3/c1-2-18(5-6-19)8-3-4-9(10(20)7-8)11-12(13(14)21)16-17-15-11/h3-4,7,19-20H,2,5-6H2,1H3,(H2,14,21)(H,15,16,17). The quantitative estimate of drug-likeness (QED) is 0.597. The third-order valence-electron chi connectivity index (χ3n) is 3.13. The van der Waals surface area contributed by atoms with Crippen molar-refractivity contribution >= 4 is 11.6 Å². The number of amides is 1. The van der Waals surface area contributed by atoms with Gasteiger partial charge < -0.3 is 20.8 Å². The number of primary amides is 1. The Morgan fingerprint density at radius 2 is 2.19 bits per heavy atom. The van der Waals surface area contributed by atoms with Crippen LogP contribution in [0, 0.1) is 0 Å². The second-order valence-corrected chi connectivity index (χ2v) is 4.39. The van der Waals surface area contributed by atoms with Crippen molar-refractivity contribution in [3.05, 3.63) is 23.9 Å². The van der Waals surface area contributed by atoms with Crippen molar-refractivity contribution in [3.8, 4) is 17.0 Å². The van der Waals surface area contributed by atoms with Crippen LogP contribution in [0.2, 0.25) is 0 Å². The lowest BCUT2D eigenvalue weighted by molar-refractivity contribution is 0.0996. The number of phenolic OH excluding ortho intramolecular Hbond substituents is 1. The zero-order valence-corrected chi connectivity index (χ0v) is 11.6. The van der Waals surface area contributed by atoms with Gasteiger partial charge in [-0.15, -0.1) is 0 Å². The molecule has 2 aromatic rings. The van der Waals surface area contributed by atoms with Gasteiger partial charge in [0, 0.05) is 30.4 Å². The molecule has 0 aliphatic heterocycles. The van der Waals surface area contributed by atoms with E-state index in [2.05, 4.69) is 15.4 Å². The first-order chi connectivity index (χ1) is 10.1. The Kier molecular flexibility index (Phi) is 4.39. The minimum absolute atomic E-state index is 0.0193. The molecular formula is C13H17N5O3. The molecule has 8 heteroatoms. The summed E-state index contributed by atoms with van der Waals surface area (Å²) < 4.78 is 0. The smallest absolute Gasteiger partial charge is 0.271 e. The average Bonchev–Trinajstić information content (AvgIpc) is 2.94. The third-order valence-corrected chi connectivity index (χ3v) is 3.13. The van der Waals surface area contributed by atoms with E-state index in [1.807, 2.05) is 11.8 Å². The van der Waals surface area contributed by atoms with Crippen molar-refractivity contribution < 1.29 is 15.0 Å². The number of nitrogens with one attached hydrogen (secondary N) is 1. The lowest BCUT2D eigenvalue weighted by Crippen LogP contribution is -2.25. The maximum absolute atomic E-state index is 11.3. The minimum Gasteiger partial charge on any atom is -0.507 e. The maximum atomic E-state index is 11.3. The molecule has 112 valence electrons. The Morgan fingerprint density at radius 3 is 2.76 bits per heavy atom. The topological polar surface area (TPSA) is 128 Å². The Labute approximate surface area is 121 Å². The van der Waals surface area contributed by atoms with Crippen LogP contribution in [-0.2, 0) is 0 Å². The number of aromatic nitrogens is 3. The molecule has 0 aliphatic rings. The predicted molar refractivity (Wildman–Crippen MR) is 77.0 cm³/mol. The molecular weight excluding hydrogens is 274 g/mol. The number of hydrogen-bond donors (Lipinski definition) is 4. The summed E-state index contributed by atoms with van der Waals surface area (Å²) in [6, 6.07) is 4.95. The summed E-state index contributed by atoms with van der Waals surface area (Å²) >= 11 is 0. The number of nitrogens with two attached hydrogens (primary N) is 1. The third kappa shape index (κ3) is 2.95. The van der Waals surface area contributed by atoms with Crippen LogP contribution >= 0.6 is 0 Å². The van der Waals surface area contributed by atoms with Crippen molar-refractivity contribution in [1.82, 2.24) is 15.4 Å². The number of aliphatic hydroxyl groups excluding tert-OH is 1. The number of nitrogens with zero attached hydrogens (tertiary/aromatic N) is 3. The number of aliphatic hydroxyl groups is 1. The van der Waals surface area contributed by atoms with Gasteiger partial charge >= 0.3 is 0 Å². The highest BCUT2D eigenvalue weighted by Gasteiger charge is 2.18. The van der Waals surface area contributed by atoms with Gasteiger partial charge in [-0.05, 0) is 19.1 Å². The van der Waals surface area contributed by atoms with Crippen molar-refractivity contribution in [2.24, 2.45) is 5.73 Å². The van der Waals surface area contributed by atoms with Crippen LogP contribution in [-0.4, -0.2) is 51.2 Å². The monoisotopic (exact) mass is 291 g/mol. The Hall–Kier alpha value is -2.61. The summed E-state index contributed by atoms with van der Waals surface area (Å²) in [7, 11) is 0. The van der Waals surface area contributed by atoms with E-state index in [4.69, 9.17) is 10.8 Å². The van der Waals surface area contributed by atoms with Gasteiger partial charge in [0.1, 0.15) is 11.4 Å². The lowest BCUT2D eigenvalue weighted by atomic mass is 10.1. The summed E-state index contributed by atoms with van der Waals surface area (Å²) in [5.74, 6) is -0.766. The van der Waals surface area contributed by atoms with E-state index < -0.39 is 5.91 Å². The Balaban J connectivity index is 2.39. The fraction of sp³-hybridized carbons (Fsp3) is 0.308. The summed E-state index contributed by atoms with van der Waals surface area (Å²) in [5.41, 5.74) is 6.51. The summed E-state index contributed by atoms with van der Waals surface area (Å²) in [6.45, 7) is 3.12. The predicted octanol–water partition coefficient (Wildman–Crippen LogP) is 0.0948. The molecule has 1 amide bonds. The molecule has 8 nitrogen and oxygen atoms in total. The SMILES string of the molecule is CCN(CCO)c1ccc(-c2n[nH]nc2C(N)=O)c(O)c1. The van der Waals surface area contributed by atoms with Crippen LogP contribution in [0.15, 0.2) is 18.2 Å². The van der Waals surface area contributed by atoms with Crippen molar-refractivity contribution in [1.29, 1.82) is 0 Å². The highest BCUT2D eigenvalue weighted by Crippen LogP contribution is 2.32. The van der Waals surface area contributed by atoms with Crippen LogP contribution in [0.25, 0.3) is 11.3 Å². The number of aromatic hydroxyl groups is 1. The van der Waals surface area contributed by atoms with Crippen molar-refractivity contribution in [2.45, 2.75) is 6.92 Å². The Bertz CT molecular complexity index is 640. The van der Waals surface area contributed by atoms with E-state index in [0.717, 1.165) is 5.69 Å². The fourth-order valence-corrected chi connectivity index (χ4v) is 2.10. The first-order valence-electron chi connectivity index (χ1n) is 6.48. The second kappa shape index (κ2) is 6.23. The number of phenols is 1. The van der Waals surface area contributed by atoms with Crippen LogP contribution in [0.5, 0.6) is 5.75 Å². The highest BCUT2D eigenvalue weighted by atomic mass is 16.3. The molecule has 5 N–H and O–H groups in total. The molecule has 2 rings (SSSR count). The molecule has 0 radical (unpaired) electrons. The van der Waals surface area contributed by atoms with Gasteiger partial charge in [-0.1, -0.05) is 0 Å². The molecule has 0 fully saturated rings. The van der Waals surface area contributed by atoms with Crippen LogP contribution in [0.4, 0.5) is 5.69 Å². The molecule has 0 saturated heterocycles. The van der Waals surface area contributed by atoms with E-state index in [1.165, 1.54) is 0 Å². The van der Waals surface area contributed by atoms with Gasteiger partial charge in [-0.3, -0.25) is 4.79 Å². The first-order valence-corrected chi connectivity index (χ1v) is 6.48. The van der Waals surface area contributed by atoms with Gasteiger partial charge in [0.15, 0.2) is 5.69 Å². The Morgan fingerprint density at radius 1 is 1.43 bits per heavy atom. The summed E-state index contributed by atoms with van der Waals surface area (Å²) in [4.78, 5) is 13.2. The molecule has 0 aliphatic carbocycles. The van der Waals surface area contributed by atoms with Crippen LogP contribution in [0.1, 0.15) is 17.4 Å². The van der Waals surface area contributed by atoms with E-state index in [-0.39, 0.29) is 23.7 Å². The van der Waals surface area contributed by atoms with E-state index in [9.17, 15) is 9.90 Å². The number of aromatic amines is 1. The molecule has 1 heterocycles. The van der Waals surface area contributed by atoms with Crippen molar-refractivity contribution in [2.75, 3.05) is 24.6 Å². The number of hydrogen-bond acceptors (Lipinski definition) is 6. The zero-order valence-electron chi connectivity index (χ0n) is 11.6. The lowest BCUT2D eigenvalue weighted by Gasteiger charge is -2.22. The van der Waals surface area contributed by atoms with E-state index in [0.29, 0.717) is 18.7 Å². The van der Waals surface area contributed by atoms with E-state index >= 15 is 0 Å². The van der Waals surface area contributed by atoms with Gasteiger partial charge in [0.05, 0.1) is 6.61 Å². The number of rotatable bonds is 6. The minimum atomic E-state index is -0.724. The average molecular weight is 291 g/mol.